The third-order valence-corrected chi connectivity index (χ3v) is 2.87. The Kier molecular flexibility index (Phi) is 8.80. The largest absolute Gasteiger partial charge is 0.351 e. The Morgan fingerprint density at radius 1 is 1.47 bits per heavy atom. The maximum atomic E-state index is 11.6. The van der Waals surface area contributed by atoms with Crippen LogP contribution in [0.15, 0.2) is 18.7 Å². The molecule has 0 bridgehead atoms. The number of carbonyl (C=O) groups is 1. The van der Waals surface area contributed by atoms with Crippen LogP contribution in [0.25, 0.3) is 0 Å². The molecule has 1 unspecified atom stereocenters. The number of halogens is 2. The molecular formula is C12H22Cl2N4O. The van der Waals surface area contributed by atoms with Gasteiger partial charge in [0, 0.05) is 25.0 Å². The van der Waals surface area contributed by atoms with E-state index in [9.17, 15) is 4.79 Å². The Labute approximate surface area is 126 Å². The zero-order valence-electron chi connectivity index (χ0n) is 11.0. The summed E-state index contributed by atoms with van der Waals surface area (Å²) in [6, 6.07) is 0.124. The van der Waals surface area contributed by atoms with Gasteiger partial charge in [-0.2, -0.15) is 0 Å². The van der Waals surface area contributed by atoms with E-state index >= 15 is 0 Å². The van der Waals surface area contributed by atoms with Crippen molar-refractivity contribution >= 4 is 30.7 Å². The molecule has 2 N–H and O–H groups in total. The highest BCUT2D eigenvalue weighted by molar-refractivity contribution is 5.85. The third kappa shape index (κ3) is 7.40. The van der Waals surface area contributed by atoms with E-state index in [1.54, 1.807) is 12.5 Å². The molecule has 1 heterocycles. The molecule has 0 aliphatic heterocycles. The first-order chi connectivity index (χ1) is 8.24. The van der Waals surface area contributed by atoms with Gasteiger partial charge in [-0.1, -0.05) is 0 Å². The fraction of sp³-hybridized carbons (Fsp3) is 0.667. The summed E-state index contributed by atoms with van der Waals surface area (Å²) in [5.41, 5.74) is 0. The molecule has 0 aromatic carbocycles. The number of aromatic nitrogens is 2. The van der Waals surface area contributed by atoms with E-state index in [2.05, 4.69) is 15.6 Å². The van der Waals surface area contributed by atoms with Gasteiger partial charge in [0.15, 0.2) is 0 Å². The van der Waals surface area contributed by atoms with Gasteiger partial charge < -0.3 is 15.2 Å². The van der Waals surface area contributed by atoms with Crippen LogP contribution in [0.4, 0.5) is 0 Å². The van der Waals surface area contributed by atoms with Crippen molar-refractivity contribution in [2.24, 2.45) is 5.92 Å². The summed E-state index contributed by atoms with van der Waals surface area (Å²) in [5, 5.41) is 6.14. The first-order valence-corrected chi connectivity index (χ1v) is 6.20. The maximum Gasteiger partial charge on any atom is 0.234 e. The molecule has 1 aliphatic rings. The van der Waals surface area contributed by atoms with Crippen molar-refractivity contribution in [2.75, 3.05) is 13.1 Å². The predicted molar refractivity (Wildman–Crippen MR) is 79.9 cm³/mol. The van der Waals surface area contributed by atoms with E-state index in [4.69, 9.17) is 0 Å². The van der Waals surface area contributed by atoms with E-state index in [0.717, 1.165) is 19.0 Å². The summed E-state index contributed by atoms with van der Waals surface area (Å²) in [6.07, 6.45) is 8.02. The van der Waals surface area contributed by atoms with Gasteiger partial charge in [-0.05, 0) is 32.2 Å². The van der Waals surface area contributed by atoms with Gasteiger partial charge in [-0.3, -0.25) is 4.79 Å². The van der Waals surface area contributed by atoms with Crippen LogP contribution in [0, 0.1) is 5.92 Å². The van der Waals surface area contributed by atoms with E-state index in [1.807, 2.05) is 17.7 Å². The number of carbonyl (C=O) groups excluding carboxylic acids is 1. The van der Waals surface area contributed by atoms with Crippen LogP contribution < -0.4 is 10.6 Å². The maximum absolute atomic E-state index is 11.6. The first kappa shape index (κ1) is 18.2. The fourth-order valence-electron chi connectivity index (χ4n) is 1.79. The Bertz CT molecular complexity index is 355. The highest BCUT2D eigenvalue weighted by Gasteiger charge is 2.20. The molecule has 0 spiro atoms. The van der Waals surface area contributed by atoms with Crippen molar-refractivity contribution in [1.82, 2.24) is 20.2 Å². The van der Waals surface area contributed by atoms with Gasteiger partial charge >= 0.3 is 0 Å². The van der Waals surface area contributed by atoms with Crippen LogP contribution in [0.1, 0.15) is 19.8 Å². The second-order valence-electron chi connectivity index (χ2n) is 4.80. The minimum atomic E-state index is 0. The molecule has 1 aromatic rings. The Morgan fingerprint density at radius 2 is 2.21 bits per heavy atom. The van der Waals surface area contributed by atoms with Crippen LogP contribution in [-0.4, -0.2) is 34.6 Å². The fourth-order valence-corrected chi connectivity index (χ4v) is 1.79. The minimum Gasteiger partial charge on any atom is -0.351 e. The summed E-state index contributed by atoms with van der Waals surface area (Å²) < 4.78 is 1.96. The Morgan fingerprint density at radius 3 is 2.79 bits per heavy atom. The smallest absolute Gasteiger partial charge is 0.234 e. The third-order valence-electron chi connectivity index (χ3n) is 2.87. The lowest BCUT2D eigenvalue weighted by Gasteiger charge is -2.14. The van der Waals surface area contributed by atoms with Gasteiger partial charge in [-0.15, -0.1) is 24.8 Å². The molecule has 1 amide bonds. The lowest BCUT2D eigenvalue weighted by Crippen LogP contribution is -2.41. The highest BCUT2D eigenvalue weighted by atomic mass is 35.5. The number of hydrogen-bond donors (Lipinski definition) is 2. The van der Waals surface area contributed by atoms with E-state index in [-0.39, 0.29) is 36.8 Å². The molecule has 1 aromatic heterocycles. The predicted octanol–water partition coefficient (Wildman–Crippen LogP) is 1.23. The van der Waals surface area contributed by atoms with Gasteiger partial charge in [0.2, 0.25) is 5.91 Å². The average Bonchev–Trinajstić information content (AvgIpc) is 2.95. The molecule has 19 heavy (non-hydrogen) atoms. The molecule has 0 saturated heterocycles. The SMILES string of the molecule is CC(Cn1ccnc1)NC(=O)CNCC1CC1.Cl.Cl. The van der Waals surface area contributed by atoms with Crippen molar-refractivity contribution in [3.8, 4) is 0 Å². The summed E-state index contributed by atoms with van der Waals surface area (Å²) in [7, 11) is 0. The summed E-state index contributed by atoms with van der Waals surface area (Å²) in [4.78, 5) is 15.6. The zero-order valence-corrected chi connectivity index (χ0v) is 12.7. The number of rotatable bonds is 7. The lowest BCUT2D eigenvalue weighted by atomic mass is 10.3. The number of amides is 1. The summed E-state index contributed by atoms with van der Waals surface area (Å²) >= 11 is 0. The molecule has 1 aliphatic carbocycles. The normalized spacial score (nSPS) is 15.0. The van der Waals surface area contributed by atoms with Crippen molar-refractivity contribution in [2.45, 2.75) is 32.4 Å². The minimum absolute atomic E-state index is 0. The number of imidazole rings is 1. The van der Waals surface area contributed by atoms with Crippen molar-refractivity contribution in [3.63, 3.8) is 0 Å². The lowest BCUT2D eigenvalue weighted by molar-refractivity contribution is -0.120. The first-order valence-electron chi connectivity index (χ1n) is 6.20. The van der Waals surface area contributed by atoms with Crippen LogP contribution in [0.2, 0.25) is 0 Å². The van der Waals surface area contributed by atoms with Crippen LogP contribution in [0.5, 0.6) is 0 Å². The summed E-state index contributed by atoms with van der Waals surface area (Å²) in [5.74, 6) is 0.879. The average molecular weight is 309 g/mol. The quantitative estimate of drug-likeness (QED) is 0.796. The topological polar surface area (TPSA) is 59.0 Å². The van der Waals surface area contributed by atoms with Crippen molar-refractivity contribution in [3.05, 3.63) is 18.7 Å². The molecule has 0 radical (unpaired) electrons. The van der Waals surface area contributed by atoms with Gasteiger partial charge in [-0.25, -0.2) is 4.98 Å². The van der Waals surface area contributed by atoms with Crippen molar-refractivity contribution < 1.29 is 4.79 Å². The molecule has 7 heteroatoms. The molecule has 2 rings (SSSR count). The van der Waals surface area contributed by atoms with Gasteiger partial charge in [0.1, 0.15) is 0 Å². The van der Waals surface area contributed by atoms with E-state index in [0.29, 0.717) is 6.54 Å². The number of nitrogens with one attached hydrogen (secondary N) is 2. The molecule has 110 valence electrons. The summed E-state index contributed by atoms with van der Waals surface area (Å²) in [6.45, 7) is 4.15. The highest BCUT2D eigenvalue weighted by Crippen LogP contribution is 2.27. The molecule has 5 nitrogen and oxygen atoms in total. The monoisotopic (exact) mass is 308 g/mol. The molecule has 1 atom stereocenters. The van der Waals surface area contributed by atoms with Crippen LogP contribution in [-0.2, 0) is 11.3 Å². The van der Waals surface area contributed by atoms with E-state index < -0.39 is 0 Å². The van der Waals surface area contributed by atoms with Gasteiger partial charge in [0.05, 0.1) is 12.9 Å². The second kappa shape index (κ2) is 9.18. The second-order valence-corrected chi connectivity index (χ2v) is 4.80. The zero-order chi connectivity index (χ0) is 12.1. The van der Waals surface area contributed by atoms with E-state index in [1.165, 1.54) is 12.8 Å². The number of nitrogens with zero attached hydrogens (tertiary/aromatic N) is 2. The number of hydrogen-bond acceptors (Lipinski definition) is 3. The molecule has 1 fully saturated rings. The van der Waals surface area contributed by atoms with Crippen LogP contribution in [0.3, 0.4) is 0 Å². The Balaban J connectivity index is 0.00000162. The standard InChI is InChI=1S/C12H20N4O.2ClH/c1-10(8-16-5-4-13-9-16)15-12(17)7-14-6-11-2-3-11;;/h4-5,9-11,14H,2-3,6-8H2,1H3,(H,15,17);2*1H. The van der Waals surface area contributed by atoms with Gasteiger partial charge in [0.25, 0.3) is 0 Å². The van der Waals surface area contributed by atoms with Crippen molar-refractivity contribution in [1.29, 1.82) is 0 Å². The molecule has 1 saturated carbocycles. The molecular weight excluding hydrogens is 287 g/mol. The Hall–Kier alpha value is -0.780. The van der Waals surface area contributed by atoms with Crippen LogP contribution >= 0.6 is 24.8 Å².